The van der Waals surface area contributed by atoms with E-state index in [0.29, 0.717) is 22.1 Å². The van der Waals surface area contributed by atoms with Crippen LogP contribution in [0.15, 0.2) is 40.9 Å². The average Bonchev–Trinajstić information content (AvgIpc) is 2.34. The highest BCUT2D eigenvalue weighted by Gasteiger charge is 2.10. The first kappa shape index (κ1) is 14.3. The topological polar surface area (TPSA) is 35.2 Å². The fraction of sp³-hybridized carbons (Fsp3) is 0.0714. The van der Waals surface area contributed by atoms with Gasteiger partial charge in [0.05, 0.1) is 10.0 Å². The van der Waals surface area contributed by atoms with Crippen LogP contribution in [0.5, 0.6) is 11.5 Å². The smallest absolute Gasteiger partial charge is 0.141 e. The Bertz CT molecular complexity index is 645. The lowest BCUT2D eigenvalue weighted by atomic mass is 10.2. The zero-order valence-electron chi connectivity index (χ0n) is 10.1. The molecule has 0 aliphatic heterocycles. The van der Waals surface area contributed by atoms with Crippen molar-refractivity contribution in [2.24, 2.45) is 5.73 Å². The maximum absolute atomic E-state index is 5.94. The van der Waals surface area contributed by atoms with Crippen LogP contribution in [0.25, 0.3) is 0 Å². The van der Waals surface area contributed by atoms with Gasteiger partial charge in [-0.2, -0.15) is 0 Å². The van der Waals surface area contributed by atoms with E-state index in [9.17, 15) is 0 Å². The summed E-state index contributed by atoms with van der Waals surface area (Å²) in [6, 6.07) is 11.0. The summed E-state index contributed by atoms with van der Waals surface area (Å²) in [6.07, 6.45) is 0. The van der Waals surface area contributed by atoms with E-state index in [1.165, 1.54) is 0 Å². The van der Waals surface area contributed by atoms with Gasteiger partial charge in [-0.15, -0.1) is 0 Å². The Morgan fingerprint density at radius 3 is 2.53 bits per heavy atom. The van der Waals surface area contributed by atoms with Crippen LogP contribution in [0.4, 0.5) is 0 Å². The van der Waals surface area contributed by atoms with E-state index in [4.69, 9.17) is 34.3 Å². The largest absolute Gasteiger partial charge is 0.455 e. The number of rotatable bonds is 3. The molecule has 2 nitrogen and oxygen atoms in total. The molecule has 0 aromatic heterocycles. The molecule has 19 heavy (non-hydrogen) atoms. The summed E-state index contributed by atoms with van der Waals surface area (Å²) in [4.78, 5) is 0.251. The van der Waals surface area contributed by atoms with Gasteiger partial charge in [-0.25, -0.2) is 0 Å². The highest BCUT2D eigenvalue weighted by Crippen LogP contribution is 2.33. The maximum atomic E-state index is 5.94. The van der Waals surface area contributed by atoms with Gasteiger partial charge < -0.3 is 10.5 Å². The van der Waals surface area contributed by atoms with Crippen LogP contribution in [-0.2, 0) is 0 Å². The third kappa shape index (κ3) is 3.47. The highest BCUT2D eigenvalue weighted by atomic mass is 79.9. The zero-order chi connectivity index (χ0) is 14.0. The molecule has 0 saturated heterocycles. The lowest BCUT2D eigenvalue weighted by molar-refractivity contribution is 0.478. The monoisotopic (exact) mass is 355 g/mol. The molecule has 5 heteroatoms. The van der Waals surface area contributed by atoms with Crippen LogP contribution in [0.2, 0.25) is 5.02 Å². The van der Waals surface area contributed by atoms with Crippen molar-refractivity contribution in [3.05, 3.63) is 57.0 Å². The molecule has 0 radical (unpaired) electrons. The third-order valence-electron chi connectivity index (χ3n) is 2.51. The first-order valence-corrected chi connectivity index (χ1v) is 7.08. The second kappa shape index (κ2) is 5.90. The summed E-state index contributed by atoms with van der Waals surface area (Å²) in [5.41, 5.74) is 7.44. The number of hydrogen-bond donors (Lipinski definition) is 1. The van der Waals surface area contributed by atoms with Gasteiger partial charge in [-0.1, -0.05) is 29.9 Å². The SMILES string of the molecule is Cc1ccc(Oc2ccc(Cl)cc2C(N)=S)c(Br)c1. The predicted octanol–water partition coefficient (Wildman–Crippen LogP) is 4.84. The minimum atomic E-state index is 0.251. The van der Waals surface area contributed by atoms with Crippen molar-refractivity contribution in [1.82, 2.24) is 0 Å². The first-order valence-electron chi connectivity index (χ1n) is 5.51. The van der Waals surface area contributed by atoms with Gasteiger partial charge in [0.1, 0.15) is 16.5 Å². The van der Waals surface area contributed by atoms with Crippen molar-refractivity contribution in [3.63, 3.8) is 0 Å². The first-order chi connectivity index (χ1) is 8.97. The van der Waals surface area contributed by atoms with Crippen LogP contribution in [0.3, 0.4) is 0 Å². The molecule has 0 amide bonds. The zero-order valence-corrected chi connectivity index (χ0v) is 13.3. The van der Waals surface area contributed by atoms with Gasteiger partial charge >= 0.3 is 0 Å². The Balaban J connectivity index is 2.40. The Kier molecular flexibility index (Phi) is 4.45. The summed E-state index contributed by atoms with van der Waals surface area (Å²) in [7, 11) is 0. The highest BCUT2D eigenvalue weighted by molar-refractivity contribution is 9.10. The van der Waals surface area contributed by atoms with Crippen molar-refractivity contribution in [1.29, 1.82) is 0 Å². The molecular weight excluding hydrogens is 346 g/mol. The third-order valence-corrected chi connectivity index (χ3v) is 3.59. The Morgan fingerprint density at radius 2 is 1.89 bits per heavy atom. The second-order valence-electron chi connectivity index (χ2n) is 4.04. The minimum absolute atomic E-state index is 0.251. The fourth-order valence-electron chi connectivity index (χ4n) is 1.59. The number of hydrogen-bond acceptors (Lipinski definition) is 2. The van der Waals surface area contributed by atoms with E-state index in [2.05, 4.69) is 15.9 Å². The van der Waals surface area contributed by atoms with E-state index in [-0.39, 0.29) is 4.99 Å². The number of thiocarbonyl (C=S) groups is 1. The van der Waals surface area contributed by atoms with E-state index in [1.54, 1.807) is 18.2 Å². The molecule has 2 rings (SSSR count). The van der Waals surface area contributed by atoms with Crippen LogP contribution in [-0.4, -0.2) is 4.99 Å². The van der Waals surface area contributed by atoms with E-state index in [0.717, 1.165) is 10.0 Å². The Hall–Kier alpha value is -1.10. The van der Waals surface area contributed by atoms with Crippen LogP contribution >= 0.6 is 39.7 Å². The predicted molar refractivity (Wildman–Crippen MR) is 86.3 cm³/mol. The van der Waals surface area contributed by atoms with Crippen molar-refractivity contribution < 1.29 is 4.74 Å². The summed E-state index contributed by atoms with van der Waals surface area (Å²) < 4.78 is 6.71. The van der Waals surface area contributed by atoms with Gasteiger partial charge in [0.2, 0.25) is 0 Å². The molecule has 0 atom stereocenters. The summed E-state index contributed by atoms with van der Waals surface area (Å²) in [5.74, 6) is 1.28. The molecule has 2 aromatic rings. The number of aryl methyl sites for hydroxylation is 1. The number of benzene rings is 2. The maximum Gasteiger partial charge on any atom is 0.141 e. The summed E-state index contributed by atoms with van der Waals surface area (Å²) >= 11 is 14.4. The summed E-state index contributed by atoms with van der Waals surface area (Å²) in [5, 5.41) is 0.568. The lowest BCUT2D eigenvalue weighted by Crippen LogP contribution is -2.10. The Morgan fingerprint density at radius 1 is 1.21 bits per heavy atom. The van der Waals surface area contributed by atoms with Crippen molar-refractivity contribution in [3.8, 4) is 11.5 Å². The molecule has 2 aromatic carbocycles. The molecule has 0 spiro atoms. The van der Waals surface area contributed by atoms with Crippen LogP contribution in [0.1, 0.15) is 11.1 Å². The van der Waals surface area contributed by atoms with Gasteiger partial charge in [0, 0.05) is 5.02 Å². The van der Waals surface area contributed by atoms with Crippen molar-refractivity contribution in [2.45, 2.75) is 6.92 Å². The Labute approximate surface area is 130 Å². The molecule has 0 aliphatic rings. The minimum Gasteiger partial charge on any atom is -0.455 e. The number of nitrogens with two attached hydrogens (primary N) is 1. The number of ether oxygens (including phenoxy) is 1. The number of halogens is 2. The molecular formula is C14H11BrClNOS. The van der Waals surface area contributed by atoms with E-state index < -0.39 is 0 Å². The lowest BCUT2D eigenvalue weighted by Gasteiger charge is -2.12. The molecule has 2 N–H and O–H groups in total. The molecule has 0 bridgehead atoms. The second-order valence-corrected chi connectivity index (χ2v) is 5.77. The van der Waals surface area contributed by atoms with E-state index in [1.807, 2.05) is 25.1 Å². The average molecular weight is 357 g/mol. The van der Waals surface area contributed by atoms with Gasteiger partial charge in [0.15, 0.2) is 0 Å². The van der Waals surface area contributed by atoms with Gasteiger partial charge in [-0.05, 0) is 58.7 Å². The molecule has 0 heterocycles. The van der Waals surface area contributed by atoms with Crippen LogP contribution in [0, 0.1) is 6.92 Å². The van der Waals surface area contributed by atoms with Gasteiger partial charge in [-0.3, -0.25) is 0 Å². The molecule has 0 unspecified atom stereocenters. The fourth-order valence-corrected chi connectivity index (χ4v) is 2.50. The van der Waals surface area contributed by atoms with Gasteiger partial charge in [0.25, 0.3) is 0 Å². The molecule has 98 valence electrons. The summed E-state index contributed by atoms with van der Waals surface area (Å²) in [6.45, 7) is 2.01. The molecule has 0 aliphatic carbocycles. The van der Waals surface area contributed by atoms with Crippen molar-refractivity contribution >= 4 is 44.7 Å². The quantitative estimate of drug-likeness (QED) is 0.799. The molecule has 0 fully saturated rings. The van der Waals surface area contributed by atoms with E-state index >= 15 is 0 Å². The van der Waals surface area contributed by atoms with Crippen LogP contribution < -0.4 is 10.5 Å². The molecule has 0 saturated carbocycles. The standard InChI is InChI=1S/C14H11BrClNOS/c1-8-2-4-13(11(15)6-8)18-12-5-3-9(16)7-10(12)14(17)19/h2-7H,1H3,(H2,17,19). The van der Waals surface area contributed by atoms with Crippen molar-refractivity contribution in [2.75, 3.05) is 0 Å². The normalized spacial score (nSPS) is 10.3.